The highest BCUT2D eigenvalue weighted by Gasteiger charge is 2.24. The molecule has 0 aliphatic heterocycles. The number of rotatable bonds is 9. The number of amides is 1. The lowest BCUT2D eigenvalue weighted by Gasteiger charge is -2.25. The van der Waals surface area contributed by atoms with Crippen molar-refractivity contribution in [3.05, 3.63) is 71.6 Å². The summed E-state index contributed by atoms with van der Waals surface area (Å²) in [5.41, 5.74) is 1.27. The molecule has 0 fully saturated rings. The molecule has 0 spiro atoms. The molecule has 8 heteroatoms. The van der Waals surface area contributed by atoms with Crippen molar-refractivity contribution in [1.29, 1.82) is 0 Å². The number of benzene rings is 2. The first-order valence-corrected chi connectivity index (χ1v) is 9.64. The Balaban J connectivity index is 2.14. The molecule has 2 atom stereocenters. The van der Waals surface area contributed by atoms with Gasteiger partial charge in [-0.05, 0) is 67.6 Å². The van der Waals surface area contributed by atoms with Crippen molar-refractivity contribution in [2.45, 2.75) is 32.8 Å². The van der Waals surface area contributed by atoms with Crippen molar-refractivity contribution >= 4 is 23.5 Å². The number of aliphatic carboxylic acids is 1. The van der Waals surface area contributed by atoms with Gasteiger partial charge < -0.3 is 14.9 Å². The van der Waals surface area contributed by atoms with Crippen LogP contribution in [-0.2, 0) is 9.53 Å². The third-order valence-electron chi connectivity index (χ3n) is 4.64. The Kier molecular flexibility index (Phi) is 8.31. The minimum Gasteiger partial charge on any atom is -0.505 e. The molecule has 0 saturated carbocycles. The number of phenolic OH excluding ortho intramolecular Hbond substituents is 1. The van der Waals surface area contributed by atoms with Crippen LogP contribution in [-0.4, -0.2) is 28.1 Å². The van der Waals surface area contributed by atoms with Crippen LogP contribution in [0.15, 0.2) is 54.6 Å². The smallest absolute Gasteiger partial charge is 0.412 e. The number of ether oxygens (including phenoxy) is 1. The van der Waals surface area contributed by atoms with E-state index in [4.69, 9.17) is 9.84 Å². The van der Waals surface area contributed by atoms with E-state index in [1.165, 1.54) is 25.1 Å². The Hall–Kier alpha value is -3.68. The van der Waals surface area contributed by atoms with E-state index in [2.05, 4.69) is 5.32 Å². The molecular weight excluding hydrogens is 405 g/mol. The molecule has 0 heterocycles. The van der Waals surface area contributed by atoms with E-state index in [-0.39, 0.29) is 11.7 Å². The third kappa shape index (κ3) is 7.26. The molecule has 0 aliphatic carbocycles. The second-order valence-electron chi connectivity index (χ2n) is 7.09. The summed E-state index contributed by atoms with van der Waals surface area (Å²) in [6.07, 6.45) is 1.79. The number of anilines is 1. The van der Waals surface area contributed by atoms with E-state index in [0.717, 1.165) is 12.1 Å². The zero-order chi connectivity index (χ0) is 23.0. The van der Waals surface area contributed by atoms with Gasteiger partial charge in [-0.25, -0.2) is 14.0 Å². The maximum Gasteiger partial charge on any atom is 0.412 e. The van der Waals surface area contributed by atoms with Crippen LogP contribution in [0.3, 0.4) is 0 Å². The Morgan fingerprint density at radius 3 is 2.42 bits per heavy atom. The van der Waals surface area contributed by atoms with Crippen LogP contribution in [0.2, 0.25) is 0 Å². The number of halogens is 1. The minimum absolute atomic E-state index is 0.102. The van der Waals surface area contributed by atoms with Gasteiger partial charge in [-0.15, -0.1) is 0 Å². The summed E-state index contributed by atoms with van der Waals surface area (Å²) >= 11 is 0. The molecule has 0 saturated heterocycles. The number of carbonyl (C=O) groups excluding carboxylic acids is 2. The maximum absolute atomic E-state index is 13.9. The molecule has 164 valence electrons. The number of hydrogen-bond donors (Lipinski definition) is 3. The molecule has 2 rings (SSSR count). The average molecular weight is 429 g/mol. The summed E-state index contributed by atoms with van der Waals surface area (Å²) in [6.45, 7) is 3.23. The van der Waals surface area contributed by atoms with E-state index in [1.807, 2.05) is 0 Å². The number of hydrogen-bond acceptors (Lipinski definition) is 5. The lowest BCUT2D eigenvalue weighted by atomic mass is 9.93. The third-order valence-corrected chi connectivity index (χ3v) is 4.64. The first-order valence-electron chi connectivity index (χ1n) is 9.64. The fourth-order valence-electron chi connectivity index (χ4n) is 2.96. The molecule has 7 nitrogen and oxygen atoms in total. The van der Waals surface area contributed by atoms with Crippen molar-refractivity contribution in [3.8, 4) is 5.75 Å². The summed E-state index contributed by atoms with van der Waals surface area (Å²) in [6, 6.07) is 10.0. The number of carboxylic acids is 1. The number of Topliss-reactive ketones (excluding diaryl/α,β-unsaturated/α-hetero) is 1. The molecule has 1 amide bonds. The summed E-state index contributed by atoms with van der Waals surface area (Å²) in [5, 5.41) is 20.7. The summed E-state index contributed by atoms with van der Waals surface area (Å²) in [7, 11) is 0. The lowest BCUT2D eigenvalue weighted by Crippen LogP contribution is -2.22. The number of nitrogens with one attached hydrogen (secondary N) is 1. The van der Waals surface area contributed by atoms with Crippen LogP contribution in [0.4, 0.5) is 14.9 Å². The predicted octanol–water partition coefficient (Wildman–Crippen LogP) is 5.08. The Morgan fingerprint density at radius 1 is 1.16 bits per heavy atom. The summed E-state index contributed by atoms with van der Waals surface area (Å²) < 4.78 is 19.4. The van der Waals surface area contributed by atoms with Crippen LogP contribution in [0.1, 0.15) is 48.7 Å². The monoisotopic (exact) mass is 429 g/mol. The zero-order valence-electron chi connectivity index (χ0n) is 17.2. The van der Waals surface area contributed by atoms with E-state index < -0.39 is 29.7 Å². The van der Waals surface area contributed by atoms with Crippen LogP contribution in [0, 0.1) is 11.7 Å². The number of phenols is 1. The highest BCUT2D eigenvalue weighted by molar-refractivity contribution is 5.95. The first-order chi connectivity index (χ1) is 14.7. The topological polar surface area (TPSA) is 113 Å². The van der Waals surface area contributed by atoms with E-state index >= 15 is 0 Å². The van der Waals surface area contributed by atoms with Crippen molar-refractivity contribution in [3.63, 3.8) is 0 Å². The Morgan fingerprint density at radius 2 is 1.84 bits per heavy atom. The van der Waals surface area contributed by atoms with Gasteiger partial charge in [-0.3, -0.25) is 10.1 Å². The van der Waals surface area contributed by atoms with Crippen LogP contribution >= 0.6 is 0 Å². The molecule has 31 heavy (non-hydrogen) atoms. The quantitative estimate of drug-likeness (QED) is 0.378. The summed E-state index contributed by atoms with van der Waals surface area (Å²) in [5.74, 6) is -2.81. The van der Waals surface area contributed by atoms with Gasteiger partial charge in [-0.2, -0.15) is 0 Å². The van der Waals surface area contributed by atoms with Crippen molar-refractivity contribution in [1.82, 2.24) is 0 Å². The average Bonchev–Trinajstić information content (AvgIpc) is 2.71. The van der Waals surface area contributed by atoms with Gasteiger partial charge in [0.25, 0.3) is 0 Å². The van der Waals surface area contributed by atoms with Crippen molar-refractivity contribution < 1.29 is 33.7 Å². The molecule has 0 radical (unpaired) electrons. The largest absolute Gasteiger partial charge is 0.505 e. The molecule has 0 aromatic heterocycles. The van der Waals surface area contributed by atoms with E-state index in [1.54, 1.807) is 31.2 Å². The van der Waals surface area contributed by atoms with Crippen LogP contribution < -0.4 is 5.32 Å². The molecular formula is C23H24FNO6. The molecule has 2 aromatic rings. The van der Waals surface area contributed by atoms with Crippen LogP contribution in [0.25, 0.3) is 0 Å². The van der Waals surface area contributed by atoms with Gasteiger partial charge in [0.2, 0.25) is 0 Å². The van der Waals surface area contributed by atoms with E-state index in [9.17, 15) is 23.9 Å². The number of aromatic hydroxyl groups is 1. The van der Waals surface area contributed by atoms with Crippen molar-refractivity contribution in [2.75, 3.05) is 5.32 Å². The number of ketones is 1. The minimum atomic E-state index is -1.06. The predicted molar refractivity (Wildman–Crippen MR) is 113 cm³/mol. The van der Waals surface area contributed by atoms with Crippen molar-refractivity contribution in [2.24, 2.45) is 5.92 Å². The SMILES string of the molecule is CC(=O)c1ccc(NC(=O)O[C@H](c2ccc(O)c(F)c2)[C@H](C)CC/C=C/C(=O)O)cc1. The standard InChI is InChI=1S/C23H24FNO6/c1-14(5-3-4-6-21(28)29)22(17-9-12-20(27)19(24)13-17)31-23(30)25-18-10-7-16(8-11-18)15(2)26/h4,6-14,22,27H,3,5H2,1-2H3,(H,25,30)(H,28,29)/b6-4+/t14-,22+/m1/s1. The second kappa shape index (κ2) is 10.9. The molecule has 3 N–H and O–H groups in total. The number of carboxylic acid groups (broad SMARTS) is 1. The highest BCUT2D eigenvalue weighted by Crippen LogP contribution is 2.32. The van der Waals surface area contributed by atoms with Gasteiger partial charge in [-0.1, -0.05) is 19.1 Å². The summed E-state index contributed by atoms with van der Waals surface area (Å²) in [4.78, 5) is 34.4. The van der Waals surface area contributed by atoms with Gasteiger partial charge >= 0.3 is 12.1 Å². The van der Waals surface area contributed by atoms with Gasteiger partial charge in [0, 0.05) is 17.3 Å². The lowest BCUT2D eigenvalue weighted by molar-refractivity contribution is -0.131. The highest BCUT2D eigenvalue weighted by atomic mass is 19.1. The number of carbonyl (C=O) groups is 3. The van der Waals surface area contributed by atoms with E-state index in [0.29, 0.717) is 29.7 Å². The normalized spacial score (nSPS) is 12.9. The van der Waals surface area contributed by atoms with Gasteiger partial charge in [0.1, 0.15) is 6.10 Å². The second-order valence-corrected chi connectivity index (χ2v) is 7.09. The molecule has 0 bridgehead atoms. The van der Waals surface area contributed by atoms with Crippen LogP contribution in [0.5, 0.6) is 5.75 Å². The van der Waals surface area contributed by atoms with Gasteiger partial charge in [0.05, 0.1) is 0 Å². The van der Waals surface area contributed by atoms with Gasteiger partial charge in [0.15, 0.2) is 17.3 Å². The Labute approximate surface area is 179 Å². The zero-order valence-corrected chi connectivity index (χ0v) is 17.2. The maximum atomic E-state index is 13.9. The first kappa shape index (κ1) is 23.6. The number of allylic oxidation sites excluding steroid dienone is 1. The molecule has 2 aromatic carbocycles. The fraction of sp³-hybridized carbons (Fsp3) is 0.261. The molecule has 0 unspecified atom stereocenters. The molecule has 0 aliphatic rings. The Bertz CT molecular complexity index is 971. The fourth-order valence-corrected chi connectivity index (χ4v) is 2.96.